The summed E-state index contributed by atoms with van der Waals surface area (Å²) < 4.78 is 39.1. The molecule has 1 amide bonds. The van der Waals surface area contributed by atoms with E-state index in [1.807, 2.05) is 6.92 Å². The molecule has 0 saturated carbocycles. The monoisotopic (exact) mass is 456 g/mol. The molecule has 8 heteroatoms. The normalized spacial score (nSPS) is 10.7. The minimum atomic E-state index is -0.939. The van der Waals surface area contributed by atoms with Gasteiger partial charge in [0.2, 0.25) is 0 Å². The highest BCUT2D eigenvalue weighted by Crippen LogP contribution is 2.24. The van der Waals surface area contributed by atoms with Crippen LogP contribution in [-0.4, -0.2) is 35.5 Å². The first-order chi connectivity index (χ1) is 15.8. The van der Waals surface area contributed by atoms with E-state index in [1.165, 1.54) is 11.0 Å². The highest BCUT2D eigenvalue weighted by molar-refractivity contribution is 5.95. The maximum Gasteiger partial charge on any atom is 0.355 e. The van der Waals surface area contributed by atoms with Crippen LogP contribution in [0.1, 0.15) is 50.2 Å². The number of esters is 1. The number of nitrogens with one attached hydrogen (secondary N) is 1. The second-order valence-corrected chi connectivity index (χ2v) is 7.55. The Kier molecular flexibility index (Phi) is 7.48. The molecular weight excluding hydrogens is 430 g/mol. The summed E-state index contributed by atoms with van der Waals surface area (Å²) in [5, 5.41) is 0. The fourth-order valence-electron chi connectivity index (χ4n) is 3.52. The van der Waals surface area contributed by atoms with Crippen molar-refractivity contribution in [1.82, 2.24) is 9.88 Å². The Balaban J connectivity index is 1.99. The van der Waals surface area contributed by atoms with Gasteiger partial charge >= 0.3 is 5.97 Å². The molecule has 6 nitrogen and oxygen atoms in total. The number of hydrogen-bond donors (Lipinski definition) is 1. The van der Waals surface area contributed by atoms with Gasteiger partial charge in [-0.05, 0) is 61.7 Å². The molecule has 3 rings (SSSR count). The van der Waals surface area contributed by atoms with Gasteiger partial charge in [-0.3, -0.25) is 4.79 Å². The van der Waals surface area contributed by atoms with E-state index in [0.717, 1.165) is 23.3 Å². The molecule has 0 aliphatic heterocycles. The van der Waals surface area contributed by atoms with E-state index in [9.17, 15) is 18.4 Å². The van der Waals surface area contributed by atoms with Gasteiger partial charge in [-0.25, -0.2) is 13.6 Å². The lowest BCUT2D eigenvalue weighted by atomic mass is 10.1. The molecule has 3 aromatic rings. The largest absolute Gasteiger partial charge is 0.497 e. The van der Waals surface area contributed by atoms with Gasteiger partial charge in [-0.1, -0.05) is 18.2 Å². The van der Waals surface area contributed by atoms with E-state index in [4.69, 9.17) is 9.47 Å². The van der Waals surface area contributed by atoms with Gasteiger partial charge in [0.1, 0.15) is 28.6 Å². The Morgan fingerprint density at radius 2 is 1.61 bits per heavy atom. The molecule has 0 fully saturated rings. The molecule has 1 aromatic heterocycles. The lowest BCUT2D eigenvalue weighted by Crippen LogP contribution is -2.32. The molecule has 0 spiro atoms. The average Bonchev–Trinajstić information content (AvgIpc) is 3.07. The Labute approximate surface area is 191 Å². The molecule has 0 unspecified atom stereocenters. The molecule has 1 heterocycles. The second kappa shape index (κ2) is 10.3. The molecule has 2 aromatic carbocycles. The SMILES string of the molecule is CCOC(=O)c1[nH]c(CN(Cc2ccc(OC)cc2)C(=O)c2c(F)cccc2F)c(C)c1C. The van der Waals surface area contributed by atoms with Gasteiger partial charge in [-0.2, -0.15) is 0 Å². The maximum absolute atomic E-state index is 14.4. The van der Waals surface area contributed by atoms with Crippen molar-refractivity contribution in [3.05, 3.63) is 87.7 Å². The Bertz CT molecular complexity index is 1140. The fourth-order valence-corrected chi connectivity index (χ4v) is 3.52. The molecular formula is C25H26F2N2O4. The predicted molar refractivity (Wildman–Crippen MR) is 119 cm³/mol. The topological polar surface area (TPSA) is 71.6 Å². The van der Waals surface area contributed by atoms with Crippen LogP contribution < -0.4 is 4.74 Å². The number of carbonyl (C=O) groups is 2. The molecule has 0 aliphatic rings. The molecule has 0 saturated heterocycles. The summed E-state index contributed by atoms with van der Waals surface area (Å²) >= 11 is 0. The Hall–Kier alpha value is -3.68. The molecule has 0 radical (unpaired) electrons. The highest BCUT2D eigenvalue weighted by Gasteiger charge is 2.26. The maximum atomic E-state index is 14.4. The summed E-state index contributed by atoms with van der Waals surface area (Å²) in [6.07, 6.45) is 0. The van der Waals surface area contributed by atoms with Gasteiger partial charge < -0.3 is 19.4 Å². The number of benzene rings is 2. The zero-order valence-corrected chi connectivity index (χ0v) is 19.0. The summed E-state index contributed by atoms with van der Waals surface area (Å²) in [7, 11) is 1.54. The number of aromatic amines is 1. The van der Waals surface area contributed by atoms with Crippen LogP contribution in [0.3, 0.4) is 0 Å². The van der Waals surface area contributed by atoms with E-state index in [-0.39, 0.29) is 19.7 Å². The molecule has 0 bridgehead atoms. The van der Waals surface area contributed by atoms with Crippen molar-refractivity contribution in [3.63, 3.8) is 0 Å². The standard InChI is InChI=1S/C25H26F2N2O4/c1-5-33-25(31)23-16(3)15(2)21(28-23)14-29(13-17-9-11-18(32-4)12-10-17)24(30)22-19(26)7-6-8-20(22)27/h6-12,28H,5,13-14H2,1-4H3. The van der Waals surface area contributed by atoms with E-state index in [1.54, 1.807) is 45.2 Å². The van der Waals surface area contributed by atoms with E-state index >= 15 is 0 Å². The first kappa shape index (κ1) is 24.0. The number of amides is 1. The number of aromatic nitrogens is 1. The summed E-state index contributed by atoms with van der Waals surface area (Å²) in [6.45, 7) is 5.60. The summed E-state index contributed by atoms with van der Waals surface area (Å²) in [5.41, 5.74) is 2.44. The number of hydrogen-bond acceptors (Lipinski definition) is 4. The minimum Gasteiger partial charge on any atom is -0.497 e. The smallest absolute Gasteiger partial charge is 0.355 e. The number of methoxy groups -OCH3 is 1. The molecule has 0 aliphatic carbocycles. The van der Waals surface area contributed by atoms with Crippen molar-refractivity contribution in [3.8, 4) is 5.75 Å². The van der Waals surface area contributed by atoms with Crippen LogP contribution in [0.15, 0.2) is 42.5 Å². The lowest BCUT2D eigenvalue weighted by molar-refractivity contribution is 0.0519. The van der Waals surface area contributed by atoms with Crippen molar-refractivity contribution in [2.45, 2.75) is 33.9 Å². The number of H-pyrrole nitrogens is 1. The van der Waals surface area contributed by atoms with Gasteiger partial charge in [0.25, 0.3) is 5.91 Å². The minimum absolute atomic E-state index is 0.00468. The third-order valence-corrected chi connectivity index (χ3v) is 5.49. The first-order valence-corrected chi connectivity index (χ1v) is 10.5. The number of nitrogens with zero attached hydrogens (tertiary/aromatic N) is 1. The molecule has 0 atom stereocenters. The average molecular weight is 456 g/mol. The predicted octanol–water partition coefficient (Wildman–Crippen LogP) is 4.94. The summed E-state index contributed by atoms with van der Waals surface area (Å²) in [4.78, 5) is 29.9. The quantitative estimate of drug-likeness (QED) is 0.488. The first-order valence-electron chi connectivity index (χ1n) is 10.5. The van der Waals surface area contributed by atoms with Crippen LogP contribution >= 0.6 is 0 Å². The molecule has 33 heavy (non-hydrogen) atoms. The van der Waals surface area contributed by atoms with Crippen molar-refractivity contribution < 1.29 is 27.8 Å². The van der Waals surface area contributed by atoms with E-state index in [0.29, 0.717) is 22.7 Å². The number of rotatable bonds is 8. The van der Waals surface area contributed by atoms with E-state index in [2.05, 4.69) is 4.98 Å². The number of carbonyl (C=O) groups excluding carboxylic acids is 2. The van der Waals surface area contributed by atoms with Gasteiger partial charge in [0, 0.05) is 12.2 Å². The van der Waals surface area contributed by atoms with Crippen LogP contribution in [0.5, 0.6) is 5.75 Å². The second-order valence-electron chi connectivity index (χ2n) is 7.55. The Morgan fingerprint density at radius 3 is 2.18 bits per heavy atom. The van der Waals surface area contributed by atoms with Crippen LogP contribution in [0.25, 0.3) is 0 Å². The van der Waals surface area contributed by atoms with Crippen molar-refractivity contribution in [2.24, 2.45) is 0 Å². The van der Waals surface area contributed by atoms with Crippen LogP contribution in [-0.2, 0) is 17.8 Å². The number of halogens is 2. The zero-order chi connectivity index (χ0) is 24.1. The van der Waals surface area contributed by atoms with Crippen molar-refractivity contribution in [2.75, 3.05) is 13.7 Å². The fraction of sp³-hybridized carbons (Fsp3) is 0.280. The number of ether oxygens (including phenoxy) is 2. The molecule has 1 N–H and O–H groups in total. The van der Waals surface area contributed by atoms with Gasteiger partial charge in [-0.15, -0.1) is 0 Å². The van der Waals surface area contributed by atoms with E-state index < -0.39 is 29.1 Å². The molecule has 174 valence electrons. The summed E-state index contributed by atoms with van der Waals surface area (Å²) in [6, 6.07) is 10.3. The highest BCUT2D eigenvalue weighted by atomic mass is 19.1. The van der Waals surface area contributed by atoms with Crippen LogP contribution in [0.2, 0.25) is 0 Å². The van der Waals surface area contributed by atoms with Gasteiger partial charge in [0.15, 0.2) is 0 Å². The lowest BCUT2D eigenvalue weighted by Gasteiger charge is -2.23. The van der Waals surface area contributed by atoms with Crippen molar-refractivity contribution in [1.29, 1.82) is 0 Å². The zero-order valence-electron chi connectivity index (χ0n) is 19.0. The Morgan fingerprint density at radius 1 is 0.970 bits per heavy atom. The van der Waals surface area contributed by atoms with Crippen LogP contribution in [0.4, 0.5) is 8.78 Å². The third kappa shape index (κ3) is 5.22. The van der Waals surface area contributed by atoms with Crippen molar-refractivity contribution >= 4 is 11.9 Å². The van der Waals surface area contributed by atoms with Gasteiger partial charge in [0.05, 0.1) is 20.3 Å². The summed E-state index contributed by atoms with van der Waals surface area (Å²) in [5.74, 6) is -2.53. The van der Waals surface area contributed by atoms with Crippen LogP contribution in [0, 0.1) is 25.5 Å². The third-order valence-electron chi connectivity index (χ3n) is 5.49.